The first kappa shape index (κ1) is 17.0. The molecule has 1 N–H and O–H groups in total. The molecule has 0 aliphatic rings. The fourth-order valence-corrected chi connectivity index (χ4v) is 1.93. The fraction of sp³-hybridized carbons (Fsp3) is 0.118. The number of anilines is 1. The van der Waals surface area contributed by atoms with E-state index in [9.17, 15) is 14.0 Å². The largest absolute Gasteiger partial charge is 0.465 e. The summed E-state index contributed by atoms with van der Waals surface area (Å²) in [5.74, 6) is -1.58. The molecule has 0 bridgehead atoms. The van der Waals surface area contributed by atoms with Gasteiger partial charge in [0.15, 0.2) is 0 Å². The maximum Gasteiger partial charge on any atom is 0.341 e. The van der Waals surface area contributed by atoms with Crippen LogP contribution in [0.5, 0.6) is 0 Å². The molecule has 0 radical (unpaired) electrons. The predicted molar refractivity (Wildman–Crippen MR) is 83.4 cm³/mol. The molecule has 0 spiro atoms. The lowest BCUT2D eigenvalue weighted by Gasteiger charge is -2.04. The van der Waals surface area contributed by atoms with E-state index in [0.717, 1.165) is 6.08 Å². The molecule has 122 valence electrons. The van der Waals surface area contributed by atoms with Gasteiger partial charge in [0.25, 0.3) is 5.91 Å². The van der Waals surface area contributed by atoms with Crippen LogP contribution in [0.15, 0.2) is 40.3 Å². The van der Waals surface area contributed by atoms with Gasteiger partial charge in [0.1, 0.15) is 34.5 Å². The molecule has 6 nitrogen and oxygen atoms in total. The van der Waals surface area contributed by atoms with E-state index >= 15 is 0 Å². The average Bonchev–Trinajstić information content (AvgIpc) is 2.94. The number of halogens is 1. The Bertz CT molecular complexity index is 862. The highest BCUT2D eigenvalue weighted by Gasteiger charge is 2.17. The van der Waals surface area contributed by atoms with Crippen LogP contribution in [-0.4, -0.2) is 19.0 Å². The summed E-state index contributed by atoms with van der Waals surface area (Å²) < 4.78 is 23.4. The topological polar surface area (TPSA) is 92.3 Å². The number of carbonyl (C=O) groups excluding carboxylic acids is 2. The van der Waals surface area contributed by atoms with Crippen molar-refractivity contribution >= 4 is 23.6 Å². The minimum absolute atomic E-state index is 0.0467. The highest BCUT2D eigenvalue weighted by atomic mass is 19.1. The van der Waals surface area contributed by atoms with Crippen LogP contribution in [0.3, 0.4) is 0 Å². The Balaban J connectivity index is 2.26. The Morgan fingerprint density at radius 1 is 1.38 bits per heavy atom. The average molecular weight is 328 g/mol. The summed E-state index contributed by atoms with van der Waals surface area (Å²) >= 11 is 0. The molecule has 24 heavy (non-hydrogen) atoms. The Labute approximate surface area is 137 Å². The Morgan fingerprint density at radius 3 is 2.71 bits per heavy atom. The van der Waals surface area contributed by atoms with Gasteiger partial charge in [-0.25, -0.2) is 9.18 Å². The van der Waals surface area contributed by atoms with Crippen molar-refractivity contribution in [2.45, 2.75) is 6.92 Å². The monoisotopic (exact) mass is 328 g/mol. The first-order chi connectivity index (χ1) is 11.5. The number of hydrogen-bond donors (Lipinski definition) is 1. The molecule has 0 aliphatic carbocycles. The zero-order valence-electron chi connectivity index (χ0n) is 12.9. The third kappa shape index (κ3) is 3.67. The maximum atomic E-state index is 13.5. The quantitative estimate of drug-likeness (QED) is 0.529. The summed E-state index contributed by atoms with van der Waals surface area (Å²) in [4.78, 5) is 23.6. The summed E-state index contributed by atoms with van der Waals surface area (Å²) in [7, 11) is 1.23. The molecule has 2 rings (SSSR count). The van der Waals surface area contributed by atoms with Crippen LogP contribution in [0.25, 0.3) is 6.08 Å². The van der Waals surface area contributed by atoms with E-state index in [-0.39, 0.29) is 22.6 Å². The fourth-order valence-electron chi connectivity index (χ4n) is 1.93. The molecule has 1 heterocycles. The second kappa shape index (κ2) is 7.24. The van der Waals surface area contributed by atoms with Crippen molar-refractivity contribution in [3.8, 4) is 6.07 Å². The molecule has 0 saturated carbocycles. The highest BCUT2D eigenvalue weighted by molar-refractivity contribution is 6.09. The second-order valence-electron chi connectivity index (χ2n) is 4.71. The number of ether oxygens (including phenoxy) is 1. The van der Waals surface area contributed by atoms with Gasteiger partial charge in [-0.1, -0.05) is 12.1 Å². The first-order valence-corrected chi connectivity index (χ1v) is 6.82. The van der Waals surface area contributed by atoms with E-state index in [1.807, 2.05) is 0 Å². The lowest BCUT2D eigenvalue weighted by molar-refractivity contribution is -0.112. The summed E-state index contributed by atoms with van der Waals surface area (Å²) in [6.45, 7) is 1.55. The van der Waals surface area contributed by atoms with Crippen LogP contribution >= 0.6 is 0 Å². The molecule has 7 heteroatoms. The minimum Gasteiger partial charge on any atom is -0.465 e. The van der Waals surface area contributed by atoms with E-state index in [4.69, 9.17) is 9.68 Å². The van der Waals surface area contributed by atoms with Crippen LogP contribution in [-0.2, 0) is 9.53 Å². The van der Waals surface area contributed by atoms with Gasteiger partial charge in [0.05, 0.1) is 12.8 Å². The molecule has 1 aromatic carbocycles. The number of para-hydroxylation sites is 1. The van der Waals surface area contributed by atoms with E-state index in [0.29, 0.717) is 5.76 Å². The smallest absolute Gasteiger partial charge is 0.341 e. The third-order valence-electron chi connectivity index (χ3n) is 3.12. The standard InChI is InChI=1S/C17H13FN2O4/c1-10-13(17(22)23-2)8-12(24-10)7-11(9-19)16(21)20-15-6-4-3-5-14(15)18/h3-8H,1-2H3,(H,20,21)/b11-7+. The van der Waals surface area contributed by atoms with Gasteiger partial charge in [-0.2, -0.15) is 5.26 Å². The van der Waals surface area contributed by atoms with Crippen molar-refractivity contribution in [2.24, 2.45) is 0 Å². The van der Waals surface area contributed by atoms with E-state index in [2.05, 4.69) is 10.1 Å². The Hall–Kier alpha value is -3.40. The second-order valence-corrected chi connectivity index (χ2v) is 4.71. The third-order valence-corrected chi connectivity index (χ3v) is 3.12. The number of rotatable bonds is 4. The van der Waals surface area contributed by atoms with Gasteiger partial charge < -0.3 is 14.5 Å². The van der Waals surface area contributed by atoms with Gasteiger partial charge in [0.2, 0.25) is 0 Å². The summed E-state index contributed by atoms with van der Waals surface area (Å²) in [5.41, 5.74) is -0.159. The van der Waals surface area contributed by atoms with Crippen LogP contribution in [0.1, 0.15) is 21.9 Å². The van der Waals surface area contributed by atoms with Gasteiger partial charge >= 0.3 is 5.97 Å². The molecular formula is C17H13FN2O4. The van der Waals surface area contributed by atoms with Gasteiger partial charge in [-0.15, -0.1) is 0 Å². The van der Waals surface area contributed by atoms with Crippen molar-refractivity contribution < 1.29 is 23.1 Å². The number of carbonyl (C=O) groups is 2. The normalized spacial score (nSPS) is 10.8. The van der Waals surface area contributed by atoms with E-state index in [1.165, 1.54) is 31.4 Å². The summed E-state index contributed by atoms with van der Waals surface area (Å²) in [6.07, 6.45) is 1.16. The Morgan fingerprint density at radius 2 is 2.08 bits per heavy atom. The number of furan rings is 1. The molecular weight excluding hydrogens is 315 g/mol. The van der Waals surface area contributed by atoms with Crippen molar-refractivity contribution in [3.05, 3.63) is 58.8 Å². The highest BCUT2D eigenvalue weighted by Crippen LogP contribution is 2.19. The van der Waals surface area contributed by atoms with Crippen molar-refractivity contribution in [1.29, 1.82) is 5.26 Å². The number of aryl methyl sites for hydroxylation is 1. The molecule has 0 fully saturated rings. The van der Waals surface area contributed by atoms with Crippen LogP contribution in [0.2, 0.25) is 0 Å². The first-order valence-electron chi connectivity index (χ1n) is 6.82. The number of methoxy groups -OCH3 is 1. The van der Waals surface area contributed by atoms with E-state index < -0.39 is 17.7 Å². The molecule has 0 aliphatic heterocycles. The zero-order valence-corrected chi connectivity index (χ0v) is 12.9. The van der Waals surface area contributed by atoms with Gasteiger partial charge in [0, 0.05) is 6.08 Å². The summed E-state index contributed by atoms with van der Waals surface area (Å²) in [5, 5.41) is 11.4. The number of nitrogens with one attached hydrogen (secondary N) is 1. The number of amides is 1. The van der Waals surface area contributed by atoms with Crippen LogP contribution < -0.4 is 5.32 Å². The summed E-state index contributed by atoms with van der Waals surface area (Å²) in [6, 6.07) is 8.65. The minimum atomic E-state index is -0.795. The van der Waals surface area contributed by atoms with Gasteiger partial charge in [-0.3, -0.25) is 4.79 Å². The van der Waals surface area contributed by atoms with E-state index in [1.54, 1.807) is 19.1 Å². The molecule has 0 atom stereocenters. The number of esters is 1. The number of benzene rings is 1. The van der Waals surface area contributed by atoms with Crippen LogP contribution in [0, 0.1) is 24.1 Å². The Kier molecular flexibility index (Phi) is 5.12. The van der Waals surface area contributed by atoms with Crippen molar-refractivity contribution in [2.75, 3.05) is 12.4 Å². The molecule has 1 amide bonds. The number of nitriles is 1. The molecule has 1 aromatic heterocycles. The lowest BCUT2D eigenvalue weighted by Crippen LogP contribution is -2.14. The number of nitrogens with zero attached hydrogens (tertiary/aromatic N) is 1. The predicted octanol–water partition coefficient (Wildman–Crippen LogP) is 3.06. The SMILES string of the molecule is COC(=O)c1cc(/C=C(\C#N)C(=O)Nc2ccccc2F)oc1C. The van der Waals surface area contributed by atoms with Crippen molar-refractivity contribution in [3.63, 3.8) is 0 Å². The zero-order chi connectivity index (χ0) is 17.7. The van der Waals surface area contributed by atoms with Crippen LogP contribution in [0.4, 0.5) is 10.1 Å². The molecule has 2 aromatic rings. The molecule has 0 saturated heterocycles. The number of hydrogen-bond acceptors (Lipinski definition) is 5. The molecule has 0 unspecified atom stereocenters. The van der Waals surface area contributed by atoms with Crippen molar-refractivity contribution in [1.82, 2.24) is 0 Å². The lowest BCUT2D eigenvalue weighted by atomic mass is 10.2. The maximum absolute atomic E-state index is 13.5. The van der Waals surface area contributed by atoms with Gasteiger partial charge in [-0.05, 0) is 25.1 Å².